The van der Waals surface area contributed by atoms with Gasteiger partial charge in [-0.25, -0.2) is 0 Å². The Morgan fingerprint density at radius 3 is 3.00 bits per heavy atom. The predicted molar refractivity (Wildman–Crippen MR) is 79.8 cm³/mol. The Hall–Kier alpha value is -1.10. The highest BCUT2D eigenvalue weighted by Gasteiger charge is 2.28. The van der Waals surface area contributed by atoms with Crippen molar-refractivity contribution in [3.8, 4) is 0 Å². The minimum Gasteiger partial charge on any atom is -0.370 e. The van der Waals surface area contributed by atoms with Crippen LogP contribution in [0.1, 0.15) is 18.6 Å². The largest absolute Gasteiger partial charge is 0.370 e. The molecule has 0 bridgehead atoms. The van der Waals surface area contributed by atoms with Gasteiger partial charge in [0.2, 0.25) is 5.91 Å². The lowest BCUT2D eigenvalue weighted by Crippen LogP contribution is -2.46. The molecule has 5 heteroatoms. The van der Waals surface area contributed by atoms with Gasteiger partial charge in [-0.05, 0) is 13.1 Å². The molecule has 1 aliphatic rings. The number of rotatable bonds is 4. The van der Waals surface area contributed by atoms with E-state index in [1.165, 1.54) is 0 Å². The Morgan fingerprint density at radius 1 is 1.55 bits per heavy atom. The van der Waals surface area contributed by atoms with Crippen molar-refractivity contribution in [1.82, 2.24) is 10.2 Å². The van der Waals surface area contributed by atoms with E-state index in [9.17, 15) is 4.79 Å². The molecule has 1 heterocycles. The molecular formula is C15H21ClN2O2. The lowest BCUT2D eigenvalue weighted by Gasteiger charge is -2.35. The van der Waals surface area contributed by atoms with Crippen LogP contribution in [0, 0.1) is 5.92 Å². The molecule has 1 fully saturated rings. The van der Waals surface area contributed by atoms with Crippen LogP contribution in [0.25, 0.3) is 0 Å². The van der Waals surface area contributed by atoms with Crippen molar-refractivity contribution in [3.05, 3.63) is 34.9 Å². The van der Waals surface area contributed by atoms with Crippen molar-refractivity contribution in [2.45, 2.75) is 13.0 Å². The van der Waals surface area contributed by atoms with Gasteiger partial charge in [-0.15, -0.1) is 0 Å². The van der Waals surface area contributed by atoms with Crippen molar-refractivity contribution in [2.24, 2.45) is 5.92 Å². The van der Waals surface area contributed by atoms with Gasteiger partial charge in [0.25, 0.3) is 0 Å². The molecule has 0 radical (unpaired) electrons. The Bertz CT molecular complexity index is 467. The van der Waals surface area contributed by atoms with Crippen LogP contribution in [-0.2, 0) is 9.53 Å². The highest BCUT2D eigenvalue weighted by atomic mass is 35.5. The smallest absolute Gasteiger partial charge is 0.226 e. The fourth-order valence-corrected chi connectivity index (χ4v) is 2.74. The predicted octanol–water partition coefficient (Wildman–Crippen LogP) is 2.10. The number of halogens is 1. The van der Waals surface area contributed by atoms with Gasteiger partial charge in [0.15, 0.2) is 0 Å². The molecule has 110 valence electrons. The first-order valence-corrected chi connectivity index (χ1v) is 7.30. The van der Waals surface area contributed by atoms with Gasteiger partial charge in [0.1, 0.15) is 6.10 Å². The van der Waals surface area contributed by atoms with E-state index in [1.807, 2.05) is 43.1 Å². The maximum Gasteiger partial charge on any atom is 0.226 e. The number of carbonyl (C=O) groups excluding carboxylic acids is 1. The summed E-state index contributed by atoms with van der Waals surface area (Å²) in [5.74, 6) is 0.143. The molecule has 0 spiro atoms. The number of amides is 1. The Balaban J connectivity index is 2.05. The van der Waals surface area contributed by atoms with E-state index in [-0.39, 0.29) is 17.9 Å². The summed E-state index contributed by atoms with van der Waals surface area (Å²) >= 11 is 6.20. The molecule has 1 aromatic carbocycles. The summed E-state index contributed by atoms with van der Waals surface area (Å²) < 4.78 is 5.77. The van der Waals surface area contributed by atoms with E-state index in [1.54, 1.807) is 0 Å². The van der Waals surface area contributed by atoms with Crippen LogP contribution in [0.2, 0.25) is 5.02 Å². The van der Waals surface area contributed by atoms with Gasteiger partial charge in [0.05, 0.1) is 13.2 Å². The van der Waals surface area contributed by atoms with E-state index < -0.39 is 0 Å². The van der Waals surface area contributed by atoms with Gasteiger partial charge in [-0.3, -0.25) is 4.79 Å². The van der Waals surface area contributed by atoms with Gasteiger partial charge in [0, 0.05) is 29.6 Å². The molecule has 2 rings (SSSR count). The first-order valence-electron chi connectivity index (χ1n) is 6.93. The fraction of sp³-hybridized carbons (Fsp3) is 0.533. The molecular weight excluding hydrogens is 276 g/mol. The van der Waals surface area contributed by atoms with E-state index >= 15 is 0 Å². The summed E-state index contributed by atoms with van der Waals surface area (Å²) in [6.45, 7) is 4.39. The summed E-state index contributed by atoms with van der Waals surface area (Å²) in [5, 5.41) is 3.73. The van der Waals surface area contributed by atoms with Crippen molar-refractivity contribution >= 4 is 17.5 Å². The van der Waals surface area contributed by atoms with Gasteiger partial charge in [-0.2, -0.15) is 0 Å². The normalized spacial score (nSPS) is 20.8. The zero-order valence-corrected chi connectivity index (χ0v) is 12.7. The molecule has 0 saturated carbocycles. The molecule has 1 aliphatic heterocycles. The van der Waals surface area contributed by atoms with E-state index in [0.29, 0.717) is 31.3 Å². The minimum absolute atomic E-state index is 0.0232. The first-order chi connectivity index (χ1) is 9.63. The van der Waals surface area contributed by atoms with Crippen LogP contribution in [-0.4, -0.2) is 44.1 Å². The maximum absolute atomic E-state index is 12.3. The summed E-state index contributed by atoms with van der Waals surface area (Å²) in [5.41, 5.74) is 0.952. The lowest BCUT2D eigenvalue weighted by atomic mass is 10.1. The highest BCUT2D eigenvalue weighted by Crippen LogP contribution is 2.28. The van der Waals surface area contributed by atoms with Crippen LogP contribution in [0.3, 0.4) is 0 Å². The van der Waals surface area contributed by atoms with Crippen LogP contribution in [0.4, 0.5) is 0 Å². The Morgan fingerprint density at radius 2 is 2.30 bits per heavy atom. The van der Waals surface area contributed by atoms with Crippen molar-refractivity contribution in [1.29, 1.82) is 0 Å². The molecule has 1 N–H and O–H groups in total. The summed E-state index contributed by atoms with van der Waals surface area (Å²) in [6.07, 6.45) is -0.136. The molecule has 4 nitrogen and oxygen atoms in total. The zero-order valence-electron chi connectivity index (χ0n) is 11.9. The number of hydrogen-bond donors (Lipinski definition) is 1. The van der Waals surface area contributed by atoms with Crippen LogP contribution in [0.5, 0.6) is 0 Å². The average molecular weight is 297 g/mol. The van der Waals surface area contributed by atoms with E-state index in [0.717, 1.165) is 5.56 Å². The maximum atomic E-state index is 12.3. The first kappa shape index (κ1) is 15.3. The topological polar surface area (TPSA) is 41.6 Å². The van der Waals surface area contributed by atoms with Crippen molar-refractivity contribution in [3.63, 3.8) is 0 Å². The third-order valence-corrected chi connectivity index (χ3v) is 3.91. The third-order valence-electron chi connectivity index (χ3n) is 3.56. The van der Waals surface area contributed by atoms with E-state index in [2.05, 4.69) is 5.32 Å². The standard InChI is InChI=1S/C15H21ClN2O2/c1-11(9-17-2)15(19)18-7-8-20-14(10-18)12-5-3-4-6-13(12)16/h3-6,11,14,17H,7-10H2,1-2H3/t11-,14-/m1/s1. The second kappa shape index (κ2) is 7.07. The monoisotopic (exact) mass is 296 g/mol. The lowest BCUT2D eigenvalue weighted by molar-refractivity contribution is -0.142. The summed E-state index contributed by atoms with van der Waals surface area (Å²) in [6, 6.07) is 7.64. The van der Waals surface area contributed by atoms with Gasteiger partial charge < -0.3 is 15.0 Å². The van der Waals surface area contributed by atoms with Crippen LogP contribution in [0.15, 0.2) is 24.3 Å². The molecule has 0 unspecified atom stereocenters. The fourth-order valence-electron chi connectivity index (χ4n) is 2.48. The van der Waals surface area contributed by atoms with E-state index in [4.69, 9.17) is 16.3 Å². The number of benzene rings is 1. The molecule has 1 amide bonds. The molecule has 2 atom stereocenters. The number of ether oxygens (including phenoxy) is 1. The molecule has 1 aromatic rings. The quantitative estimate of drug-likeness (QED) is 0.925. The van der Waals surface area contributed by atoms with Gasteiger partial charge >= 0.3 is 0 Å². The van der Waals surface area contributed by atoms with Crippen molar-refractivity contribution in [2.75, 3.05) is 33.3 Å². The number of carbonyl (C=O) groups is 1. The summed E-state index contributed by atoms with van der Waals surface area (Å²) in [4.78, 5) is 14.2. The third kappa shape index (κ3) is 3.51. The number of nitrogens with zero attached hydrogens (tertiary/aromatic N) is 1. The van der Waals surface area contributed by atoms with Crippen LogP contribution >= 0.6 is 11.6 Å². The second-order valence-electron chi connectivity index (χ2n) is 5.12. The zero-order chi connectivity index (χ0) is 14.5. The highest BCUT2D eigenvalue weighted by molar-refractivity contribution is 6.31. The van der Waals surface area contributed by atoms with Crippen molar-refractivity contribution < 1.29 is 9.53 Å². The Kier molecular flexibility index (Phi) is 5.40. The van der Waals surface area contributed by atoms with Crippen LogP contribution < -0.4 is 5.32 Å². The Labute approximate surface area is 125 Å². The van der Waals surface area contributed by atoms with Gasteiger partial charge in [-0.1, -0.05) is 36.7 Å². The second-order valence-corrected chi connectivity index (χ2v) is 5.53. The molecule has 20 heavy (non-hydrogen) atoms. The number of nitrogens with one attached hydrogen (secondary N) is 1. The average Bonchev–Trinajstić information content (AvgIpc) is 2.47. The molecule has 0 aromatic heterocycles. The number of hydrogen-bond acceptors (Lipinski definition) is 3. The molecule has 0 aliphatic carbocycles. The minimum atomic E-state index is -0.136. The SMILES string of the molecule is CNC[C@@H](C)C(=O)N1CCO[C@@H](c2ccccc2Cl)C1. The number of morpholine rings is 1. The summed E-state index contributed by atoms with van der Waals surface area (Å²) in [7, 11) is 1.86. The molecule has 1 saturated heterocycles.